The summed E-state index contributed by atoms with van der Waals surface area (Å²) in [4.78, 5) is 37.9. The van der Waals surface area contributed by atoms with E-state index in [0.717, 1.165) is 103 Å². The van der Waals surface area contributed by atoms with Crippen LogP contribution >= 0.6 is 0 Å². The Morgan fingerprint density at radius 1 is 0.355 bits per heavy atom. The Hall–Kier alpha value is -3.93. The van der Waals surface area contributed by atoms with Gasteiger partial charge in [0.05, 0.1) is 0 Å². The molecule has 0 rings (SSSR count). The van der Waals surface area contributed by atoms with Crippen LogP contribution in [0.1, 0.15) is 207 Å². The van der Waals surface area contributed by atoms with Gasteiger partial charge in [0, 0.05) is 19.3 Å². The van der Waals surface area contributed by atoms with Gasteiger partial charge >= 0.3 is 17.9 Å². The zero-order valence-electron chi connectivity index (χ0n) is 39.8. The van der Waals surface area contributed by atoms with E-state index >= 15 is 0 Å². The number of hydrogen-bond acceptors (Lipinski definition) is 6. The van der Waals surface area contributed by atoms with Crippen molar-refractivity contribution < 1.29 is 28.6 Å². The fourth-order valence-corrected chi connectivity index (χ4v) is 6.45. The molecule has 0 saturated heterocycles. The Bertz CT molecular complexity index is 1310. The van der Waals surface area contributed by atoms with Gasteiger partial charge in [-0.25, -0.2) is 0 Å². The maximum Gasteiger partial charge on any atom is 0.306 e. The van der Waals surface area contributed by atoms with E-state index in [1.165, 1.54) is 64.2 Å². The van der Waals surface area contributed by atoms with Crippen molar-refractivity contribution in [3.63, 3.8) is 0 Å². The summed E-state index contributed by atoms with van der Waals surface area (Å²) >= 11 is 0. The van der Waals surface area contributed by atoms with Crippen molar-refractivity contribution in [1.29, 1.82) is 0 Å². The molecule has 0 amide bonds. The van der Waals surface area contributed by atoms with E-state index in [2.05, 4.69) is 69.4 Å². The largest absolute Gasteiger partial charge is 0.462 e. The molecule has 0 saturated carbocycles. The van der Waals surface area contributed by atoms with E-state index in [-0.39, 0.29) is 31.1 Å². The number of carbonyl (C=O) groups excluding carboxylic acids is 3. The van der Waals surface area contributed by atoms with Crippen LogP contribution in [-0.2, 0) is 28.6 Å². The van der Waals surface area contributed by atoms with E-state index in [1.54, 1.807) is 0 Å². The molecule has 0 aromatic heterocycles. The summed E-state index contributed by atoms with van der Waals surface area (Å²) in [6.07, 6.45) is 66.4. The molecule has 0 aliphatic heterocycles. The Morgan fingerprint density at radius 2 is 0.710 bits per heavy atom. The second-order valence-electron chi connectivity index (χ2n) is 16.1. The molecule has 0 aromatic rings. The first-order valence-corrected chi connectivity index (χ1v) is 25.0. The van der Waals surface area contributed by atoms with Gasteiger partial charge in [0.2, 0.25) is 0 Å². The van der Waals surface area contributed by atoms with Crippen LogP contribution in [0.2, 0.25) is 0 Å². The van der Waals surface area contributed by atoms with E-state index in [0.29, 0.717) is 19.3 Å². The third-order valence-corrected chi connectivity index (χ3v) is 10.2. The van der Waals surface area contributed by atoms with Gasteiger partial charge in [-0.1, -0.05) is 207 Å². The lowest BCUT2D eigenvalue weighted by molar-refractivity contribution is -0.167. The number of esters is 3. The van der Waals surface area contributed by atoms with Crippen LogP contribution in [-0.4, -0.2) is 37.2 Å². The summed E-state index contributed by atoms with van der Waals surface area (Å²) in [7, 11) is 0. The SMILES string of the molecule is CC\C=C/C=C\C=C/C=C\C=C\C=C/CCCCCC(=O)OCC(COC(=O)CCCCC/C=C\CCCCCCCC)OC(=O)CCCCCCCCC/C=C\C/C=C\CC. The van der Waals surface area contributed by atoms with Gasteiger partial charge in [-0.15, -0.1) is 0 Å². The second-order valence-corrected chi connectivity index (χ2v) is 16.1. The number of ether oxygens (including phenoxy) is 3. The van der Waals surface area contributed by atoms with Crippen molar-refractivity contribution in [1.82, 2.24) is 0 Å². The van der Waals surface area contributed by atoms with Gasteiger partial charge in [0.1, 0.15) is 13.2 Å². The molecule has 6 nitrogen and oxygen atoms in total. The number of carbonyl (C=O) groups is 3. The molecule has 0 aliphatic carbocycles. The highest BCUT2D eigenvalue weighted by atomic mass is 16.6. The Morgan fingerprint density at radius 3 is 1.19 bits per heavy atom. The lowest BCUT2D eigenvalue weighted by atomic mass is 10.1. The quantitative estimate of drug-likeness (QED) is 0.0200. The topological polar surface area (TPSA) is 78.9 Å². The molecule has 0 bridgehead atoms. The molecule has 0 aliphatic rings. The Balaban J connectivity index is 4.53. The fourth-order valence-electron chi connectivity index (χ4n) is 6.45. The van der Waals surface area contributed by atoms with Crippen LogP contribution in [0.3, 0.4) is 0 Å². The molecule has 62 heavy (non-hydrogen) atoms. The normalized spacial score (nSPS) is 13.0. The van der Waals surface area contributed by atoms with Gasteiger partial charge in [-0.05, 0) is 89.9 Å². The van der Waals surface area contributed by atoms with Gasteiger partial charge in [0.15, 0.2) is 6.10 Å². The number of unbranched alkanes of at least 4 members (excludes halogenated alkanes) is 19. The first-order valence-electron chi connectivity index (χ1n) is 25.0. The summed E-state index contributed by atoms with van der Waals surface area (Å²) in [5.41, 5.74) is 0. The van der Waals surface area contributed by atoms with E-state index in [4.69, 9.17) is 14.2 Å². The molecule has 0 radical (unpaired) electrons. The molecular weight excluding hydrogens is 769 g/mol. The lowest BCUT2D eigenvalue weighted by Crippen LogP contribution is -2.30. The van der Waals surface area contributed by atoms with Crippen molar-refractivity contribution in [3.05, 3.63) is 109 Å². The van der Waals surface area contributed by atoms with Gasteiger partial charge in [0.25, 0.3) is 0 Å². The molecular formula is C56H90O6. The van der Waals surface area contributed by atoms with Crippen LogP contribution in [0.4, 0.5) is 0 Å². The van der Waals surface area contributed by atoms with Crippen molar-refractivity contribution >= 4 is 17.9 Å². The molecule has 1 atom stereocenters. The molecule has 0 spiro atoms. The molecule has 0 fully saturated rings. The molecule has 6 heteroatoms. The van der Waals surface area contributed by atoms with E-state index in [1.807, 2.05) is 60.8 Å². The lowest BCUT2D eigenvalue weighted by Gasteiger charge is -2.18. The predicted molar refractivity (Wildman–Crippen MR) is 265 cm³/mol. The summed E-state index contributed by atoms with van der Waals surface area (Å²) in [6.45, 7) is 6.30. The Labute approximate surface area is 380 Å². The van der Waals surface area contributed by atoms with E-state index < -0.39 is 6.10 Å². The number of rotatable bonds is 43. The molecule has 1 unspecified atom stereocenters. The van der Waals surface area contributed by atoms with Gasteiger partial charge in [-0.2, -0.15) is 0 Å². The minimum absolute atomic E-state index is 0.106. The second kappa shape index (κ2) is 49.7. The van der Waals surface area contributed by atoms with Crippen LogP contribution in [0.5, 0.6) is 0 Å². The third-order valence-electron chi connectivity index (χ3n) is 10.2. The number of hydrogen-bond donors (Lipinski definition) is 0. The molecule has 350 valence electrons. The first kappa shape index (κ1) is 58.1. The minimum Gasteiger partial charge on any atom is -0.462 e. The summed E-state index contributed by atoms with van der Waals surface area (Å²) in [5.74, 6) is -0.981. The van der Waals surface area contributed by atoms with Gasteiger partial charge in [-0.3, -0.25) is 14.4 Å². The van der Waals surface area contributed by atoms with E-state index in [9.17, 15) is 14.4 Å². The van der Waals surface area contributed by atoms with Crippen molar-refractivity contribution in [2.24, 2.45) is 0 Å². The Kier molecular flexibility index (Phi) is 46.6. The summed E-state index contributed by atoms with van der Waals surface area (Å²) in [5, 5.41) is 0. The predicted octanol–water partition coefficient (Wildman–Crippen LogP) is 16.4. The maximum absolute atomic E-state index is 12.8. The van der Waals surface area contributed by atoms with Gasteiger partial charge < -0.3 is 14.2 Å². The zero-order valence-corrected chi connectivity index (χ0v) is 39.8. The van der Waals surface area contributed by atoms with Crippen LogP contribution in [0.15, 0.2) is 109 Å². The van der Waals surface area contributed by atoms with Crippen molar-refractivity contribution in [3.8, 4) is 0 Å². The van der Waals surface area contributed by atoms with Crippen LogP contribution < -0.4 is 0 Å². The smallest absolute Gasteiger partial charge is 0.306 e. The molecule has 0 N–H and O–H groups in total. The third kappa shape index (κ3) is 47.1. The maximum atomic E-state index is 12.8. The molecule has 0 aromatic carbocycles. The van der Waals surface area contributed by atoms with Crippen LogP contribution in [0.25, 0.3) is 0 Å². The first-order chi connectivity index (χ1) is 30.5. The highest BCUT2D eigenvalue weighted by Gasteiger charge is 2.19. The standard InChI is InChI=1S/C56H90O6/c1-4-7-10-13-16-19-22-25-27-28-29-32-34-37-40-43-46-49-55(58)61-52-53(51-60-54(57)48-45-42-39-36-33-30-24-21-18-15-12-9-6-3)62-56(59)50-47-44-41-38-35-31-26-23-20-17-14-11-8-5-2/h7-8,10-11,13,16-17,19-20,22,25,27-30,32-34,53H,4-6,9,12,14-15,18,21,23-24,26,31,35-52H2,1-3H3/b10-7-,11-8-,16-13-,20-17-,22-19-,27-25-,29-28+,33-30-,34-32-. The van der Waals surface area contributed by atoms with Crippen LogP contribution in [0, 0.1) is 0 Å². The monoisotopic (exact) mass is 859 g/mol. The number of allylic oxidation sites excluding steroid dienone is 18. The van der Waals surface area contributed by atoms with Crippen molar-refractivity contribution in [2.75, 3.05) is 13.2 Å². The zero-order chi connectivity index (χ0) is 45.1. The fraction of sp³-hybridized carbons (Fsp3) is 0.625. The average molecular weight is 859 g/mol. The summed E-state index contributed by atoms with van der Waals surface area (Å²) in [6, 6.07) is 0. The summed E-state index contributed by atoms with van der Waals surface area (Å²) < 4.78 is 16.7. The highest BCUT2D eigenvalue weighted by Crippen LogP contribution is 2.13. The van der Waals surface area contributed by atoms with Crippen molar-refractivity contribution in [2.45, 2.75) is 213 Å². The molecule has 0 heterocycles. The highest BCUT2D eigenvalue weighted by molar-refractivity contribution is 5.71. The average Bonchev–Trinajstić information content (AvgIpc) is 3.27. The minimum atomic E-state index is -0.808.